The molecule has 1 aromatic heterocycles. The molecule has 3 rings (SSSR count). The summed E-state index contributed by atoms with van der Waals surface area (Å²) in [4.78, 5) is 4.43. The average molecular weight is 320 g/mol. The lowest BCUT2D eigenvalue weighted by Gasteiger charge is -2.45. The third kappa shape index (κ3) is 2.92. The summed E-state index contributed by atoms with van der Waals surface area (Å²) in [6, 6.07) is 6.52. The molecule has 2 unspecified atom stereocenters. The van der Waals surface area contributed by atoms with E-state index in [2.05, 4.69) is 17.2 Å². The second-order valence-electron chi connectivity index (χ2n) is 5.91. The number of benzene rings is 1. The summed E-state index contributed by atoms with van der Waals surface area (Å²) < 4.78 is 13.5. The molecule has 118 valence electrons. The van der Waals surface area contributed by atoms with Crippen molar-refractivity contribution in [2.75, 3.05) is 17.6 Å². The van der Waals surface area contributed by atoms with Gasteiger partial charge in [-0.15, -0.1) is 0 Å². The van der Waals surface area contributed by atoms with Gasteiger partial charge >= 0.3 is 0 Å². The van der Waals surface area contributed by atoms with Crippen molar-refractivity contribution in [1.29, 1.82) is 0 Å². The van der Waals surface area contributed by atoms with Crippen LogP contribution in [-0.4, -0.2) is 33.2 Å². The molecule has 3 nitrogen and oxygen atoms in total. The zero-order valence-electron chi connectivity index (χ0n) is 12.9. The molecule has 1 heterocycles. The van der Waals surface area contributed by atoms with E-state index in [4.69, 9.17) is 0 Å². The first kappa shape index (κ1) is 15.6. The second kappa shape index (κ2) is 6.05. The third-order valence-electron chi connectivity index (χ3n) is 4.29. The minimum atomic E-state index is -0.669. The van der Waals surface area contributed by atoms with Crippen molar-refractivity contribution >= 4 is 28.4 Å². The Kier molecular flexibility index (Phi) is 4.28. The van der Waals surface area contributed by atoms with Crippen molar-refractivity contribution in [3.8, 4) is 0 Å². The quantitative estimate of drug-likeness (QED) is 0.881. The van der Waals surface area contributed by atoms with Crippen LogP contribution in [0.15, 0.2) is 24.3 Å². The minimum Gasteiger partial charge on any atom is -0.387 e. The van der Waals surface area contributed by atoms with Crippen molar-refractivity contribution in [2.45, 2.75) is 37.5 Å². The Bertz CT molecular complexity index is 694. The zero-order valence-corrected chi connectivity index (χ0v) is 13.7. The third-order valence-corrected chi connectivity index (χ3v) is 5.70. The van der Waals surface area contributed by atoms with Crippen molar-refractivity contribution in [1.82, 2.24) is 4.98 Å². The molecule has 1 aliphatic carbocycles. The predicted octanol–water partition coefficient (Wildman–Crippen LogP) is 3.74. The van der Waals surface area contributed by atoms with Crippen LogP contribution in [0.2, 0.25) is 0 Å². The molecule has 22 heavy (non-hydrogen) atoms. The number of fused-ring (bicyclic) bond motifs is 1. The fourth-order valence-electron chi connectivity index (χ4n) is 2.96. The highest BCUT2D eigenvalue weighted by Crippen LogP contribution is 2.41. The van der Waals surface area contributed by atoms with Crippen LogP contribution in [0.25, 0.3) is 10.9 Å². The Morgan fingerprint density at radius 1 is 1.45 bits per heavy atom. The molecule has 0 spiro atoms. The molecule has 0 bridgehead atoms. The van der Waals surface area contributed by atoms with Crippen LogP contribution in [0.5, 0.6) is 0 Å². The van der Waals surface area contributed by atoms with Gasteiger partial charge in [0.2, 0.25) is 0 Å². The molecular formula is C17H21FN2OS. The van der Waals surface area contributed by atoms with Crippen LogP contribution in [0.4, 0.5) is 10.1 Å². The molecule has 2 N–H and O–H groups in total. The lowest BCUT2D eigenvalue weighted by Crippen LogP contribution is -2.54. The Morgan fingerprint density at radius 2 is 2.27 bits per heavy atom. The SMILES string of the molecule is CCSC1CCC1(O)CNc1cc(C)nc2ccc(F)cc12. The van der Waals surface area contributed by atoms with E-state index in [1.807, 2.05) is 24.8 Å². The van der Waals surface area contributed by atoms with E-state index < -0.39 is 5.60 Å². The summed E-state index contributed by atoms with van der Waals surface area (Å²) in [6.45, 7) is 4.51. The van der Waals surface area contributed by atoms with E-state index in [1.165, 1.54) is 12.1 Å². The van der Waals surface area contributed by atoms with Gasteiger partial charge < -0.3 is 10.4 Å². The summed E-state index contributed by atoms with van der Waals surface area (Å²) in [5.41, 5.74) is 1.81. The maximum Gasteiger partial charge on any atom is 0.124 e. The Hall–Kier alpha value is -1.33. The zero-order chi connectivity index (χ0) is 15.7. The molecule has 1 aliphatic rings. The lowest BCUT2D eigenvalue weighted by molar-refractivity contribution is -0.0119. The number of hydrogen-bond acceptors (Lipinski definition) is 4. The molecule has 1 saturated carbocycles. The summed E-state index contributed by atoms with van der Waals surface area (Å²) in [5.74, 6) is 0.734. The summed E-state index contributed by atoms with van der Waals surface area (Å²) >= 11 is 1.81. The average Bonchev–Trinajstić information content (AvgIpc) is 2.49. The van der Waals surface area contributed by atoms with Crippen LogP contribution in [0.1, 0.15) is 25.5 Å². The fourth-order valence-corrected chi connectivity index (χ4v) is 4.16. The first-order valence-corrected chi connectivity index (χ1v) is 8.71. The van der Waals surface area contributed by atoms with Crippen LogP contribution in [0, 0.1) is 12.7 Å². The first-order valence-electron chi connectivity index (χ1n) is 7.66. The van der Waals surface area contributed by atoms with E-state index in [1.54, 1.807) is 6.07 Å². The number of aryl methyl sites for hydroxylation is 1. The number of rotatable bonds is 5. The second-order valence-corrected chi connectivity index (χ2v) is 7.39. The van der Waals surface area contributed by atoms with Crippen molar-refractivity contribution in [3.05, 3.63) is 35.8 Å². The maximum absolute atomic E-state index is 13.5. The molecule has 2 atom stereocenters. The van der Waals surface area contributed by atoms with Gasteiger partial charge in [0.1, 0.15) is 5.82 Å². The lowest BCUT2D eigenvalue weighted by atomic mass is 9.79. The largest absolute Gasteiger partial charge is 0.387 e. The summed E-state index contributed by atoms with van der Waals surface area (Å²) in [5, 5.41) is 15.0. The number of nitrogens with one attached hydrogen (secondary N) is 1. The number of anilines is 1. The molecule has 2 aromatic rings. The monoisotopic (exact) mass is 320 g/mol. The highest BCUT2D eigenvalue weighted by Gasteiger charge is 2.44. The van der Waals surface area contributed by atoms with Gasteiger partial charge in [-0.05, 0) is 49.8 Å². The first-order chi connectivity index (χ1) is 10.5. The maximum atomic E-state index is 13.5. The number of thioether (sulfide) groups is 1. The van der Waals surface area contributed by atoms with E-state index in [9.17, 15) is 9.50 Å². The topological polar surface area (TPSA) is 45.1 Å². The van der Waals surface area contributed by atoms with Gasteiger partial charge in [-0.2, -0.15) is 11.8 Å². The van der Waals surface area contributed by atoms with Crippen molar-refractivity contribution in [2.24, 2.45) is 0 Å². The highest BCUT2D eigenvalue weighted by molar-refractivity contribution is 8.00. The highest BCUT2D eigenvalue weighted by atomic mass is 32.2. The molecular weight excluding hydrogens is 299 g/mol. The number of halogens is 1. The van der Waals surface area contributed by atoms with E-state index in [0.29, 0.717) is 6.54 Å². The summed E-state index contributed by atoms with van der Waals surface area (Å²) in [7, 11) is 0. The van der Waals surface area contributed by atoms with Crippen molar-refractivity contribution in [3.63, 3.8) is 0 Å². The van der Waals surface area contributed by atoms with Gasteiger partial charge in [0, 0.05) is 28.6 Å². The van der Waals surface area contributed by atoms with Crippen LogP contribution < -0.4 is 5.32 Å². The molecule has 1 fully saturated rings. The Balaban J connectivity index is 1.83. The number of aliphatic hydroxyl groups is 1. The van der Waals surface area contributed by atoms with Crippen molar-refractivity contribution < 1.29 is 9.50 Å². The minimum absolute atomic E-state index is 0.275. The Morgan fingerprint density at radius 3 is 2.95 bits per heavy atom. The normalized spacial score (nSPS) is 24.3. The van der Waals surface area contributed by atoms with E-state index >= 15 is 0 Å². The smallest absolute Gasteiger partial charge is 0.124 e. The van der Waals surface area contributed by atoms with Gasteiger partial charge in [-0.3, -0.25) is 4.98 Å². The summed E-state index contributed by atoms with van der Waals surface area (Å²) in [6.07, 6.45) is 1.87. The van der Waals surface area contributed by atoms with E-state index in [-0.39, 0.29) is 11.1 Å². The van der Waals surface area contributed by atoms with Crippen LogP contribution >= 0.6 is 11.8 Å². The van der Waals surface area contributed by atoms with Gasteiger partial charge in [0.25, 0.3) is 0 Å². The standard InChI is InChI=1S/C17H21FN2OS/c1-3-22-16-6-7-17(16,21)10-19-15-8-11(2)20-14-5-4-12(18)9-13(14)15/h4-5,8-9,16,21H,3,6-7,10H2,1-2H3,(H,19,20). The predicted molar refractivity (Wildman–Crippen MR) is 91.0 cm³/mol. The molecule has 1 aromatic carbocycles. The molecule has 0 aliphatic heterocycles. The molecule has 5 heteroatoms. The van der Waals surface area contributed by atoms with E-state index in [0.717, 1.165) is 40.9 Å². The fraction of sp³-hybridized carbons (Fsp3) is 0.471. The Labute approximate surface area is 134 Å². The molecule has 0 radical (unpaired) electrons. The van der Waals surface area contributed by atoms with Gasteiger partial charge in [-0.25, -0.2) is 4.39 Å². The number of aromatic nitrogens is 1. The van der Waals surface area contributed by atoms with Crippen LogP contribution in [-0.2, 0) is 0 Å². The number of hydrogen-bond donors (Lipinski definition) is 2. The van der Waals surface area contributed by atoms with Gasteiger partial charge in [0.15, 0.2) is 0 Å². The molecule has 0 saturated heterocycles. The van der Waals surface area contributed by atoms with Gasteiger partial charge in [-0.1, -0.05) is 6.92 Å². The molecule has 0 amide bonds. The number of pyridine rings is 1. The number of nitrogens with zero attached hydrogens (tertiary/aromatic N) is 1. The van der Waals surface area contributed by atoms with Gasteiger partial charge in [0.05, 0.1) is 11.1 Å². The van der Waals surface area contributed by atoms with Crippen LogP contribution in [0.3, 0.4) is 0 Å².